The molecule has 2 aromatic carbocycles. The highest BCUT2D eigenvalue weighted by molar-refractivity contribution is 14.1. The zero-order chi connectivity index (χ0) is 18.2. The molecule has 2 aromatic rings. The Morgan fingerprint density at radius 3 is 2.44 bits per heavy atom. The molecule has 0 saturated heterocycles. The summed E-state index contributed by atoms with van der Waals surface area (Å²) in [6, 6.07) is 13.6. The fourth-order valence-corrected chi connectivity index (χ4v) is 2.76. The molecule has 0 spiro atoms. The molecule has 7 heteroatoms. The first-order valence-corrected chi connectivity index (χ1v) is 8.31. The van der Waals surface area contributed by atoms with Gasteiger partial charge in [0.1, 0.15) is 23.3 Å². The monoisotopic (exact) mass is 449 g/mol. The topological polar surface area (TPSA) is 76.2 Å². The van der Waals surface area contributed by atoms with Gasteiger partial charge in [0.2, 0.25) is 0 Å². The van der Waals surface area contributed by atoms with Gasteiger partial charge in [0.05, 0.1) is 48.7 Å². The number of nitrogens with zero attached hydrogens (tertiary/aromatic N) is 3. The molecule has 25 heavy (non-hydrogen) atoms. The van der Waals surface area contributed by atoms with Crippen molar-refractivity contribution in [2.75, 3.05) is 21.3 Å². The van der Waals surface area contributed by atoms with Crippen molar-refractivity contribution in [3.8, 4) is 23.3 Å². The van der Waals surface area contributed by atoms with Crippen LogP contribution in [-0.2, 0) is 6.54 Å². The molecular weight excluding hydrogens is 433 g/mol. The Morgan fingerprint density at radius 1 is 1.04 bits per heavy atom. The molecule has 0 fully saturated rings. The summed E-state index contributed by atoms with van der Waals surface area (Å²) < 4.78 is 16.6. The summed E-state index contributed by atoms with van der Waals surface area (Å²) in [6.45, 7) is 0.347. The predicted molar refractivity (Wildman–Crippen MR) is 103 cm³/mol. The second kappa shape index (κ2) is 9.06. The van der Waals surface area contributed by atoms with E-state index < -0.39 is 0 Å². The molecule has 0 saturated carbocycles. The summed E-state index contributed by atoms with van der Waals surface area (Å²) in [5.74, 6) is 2.04. The van der Waals surface area contributed by atoms with Gasteiger partial charge in [-0.05, 0) is 40.8 Å². The SMILES string of the molecule is COc1ccc(CN=C=Nc2cc(OC)c(I)cc2C#N)c(OC)c1. The first-order valence-electron chi connectivity index (χ1n) is 7.23. The molecule has 0 N–H and O–H groups in total. The fourth-order valence-electron chi connectivity index (χ4n) is 2.07. The highest BCUT2D eigenvalue weighted by atomic mass is 127. The van der Waals surface area contributed by atoms with Crippen molar-refractivity contribution in [3.63, 3.8) is 0 Å². The molecule has 0 aliphatic rings. The van der Waals surface area contributed by atoms with E-state index in [2.05, 4.69) is 44.7 Å². The molecule has 0 heterocycles. The highest BCUT2D eigenvalue weighted by Crippen LogP contribution is 2.30. The van der Waals surface area contributed by atoms with Gasteiger partial charge in [-0.15, -0.1) is 0 Å². The molecule has 0 aliphatic heterocycles. The number of benzene rings is 2. The highest BCUT2D eigenvalue weighted by Gasteiger charge is 2.08. The van der Waals surface area contributed by atoms with Crippen molar-refractivity contribution in [3.05, 3.63) is 45.0 Å². The predicted octanol–water partition coefficient (Wildman–Crippen LogP) is 4.19. The third kappa shape index (κ3) is 4.72. The fraction of sp³-hybridized carbons (Fsp3) is 0.222. The van der Waals surface area contributed by atoms with E-state index in [-0.39, 0.29) is 0 Å². The van der Waals surface area contributed by atoms with E-state index in [0.717, 1.165) is 9.13 Å². The molecule has 0 atom stereocenters. The van der Waals surface area contributed by atoms with Crippen LogP contribution in [0.15, 0.2) is 40.3 Å². The van der Waals surface area contributed by atoms with Gasteiger partial charge in [0.15, 0.2) is 0 Å². The number of methoxy groups -OCH3 is 3. The summed E-state index contributed by atoms with van der Waals surface area (Å²) in [5, 5.41) is 9.22. The Hall–Kier alpha value is -2.56. The van der Waals surface area contributed by atoms with Crippen molar-refractivity contribution in [2.45, 2.75) is 6.54 Å². The Kier molecular flexibility index (Phi) is 6.81. The standard InChI is InChI=1S/C18H16IN3O3/c1-23-14-5-4-12(17(7-14)24-2)10-21-11-22-16-8-18(25-3)15(19)6-13(16)9-20/h4-8H,10H2,1-3H3. The normalized spacial score (nSPS) is 9.56. The molecule has 6 nitrogen and oxygen atoms in total. The Morgan fingerprint density at radius 2 is 1.80 bits per heavy atom. The number of ether oxygens (including phenoxy) is 3. The van der Waals surface area contributed by atoms with Crippen LogP contribution in [0.5, 0.6) is 17.2 Å². The van der Waals surface area contributed by atoms with Crippen LogP contribution in [0.2, 0.25) is 0 Å². The maximum Gasteiger partial charge on any atom is 0.134 e. The second-order valence-corrected chi connectivity index (χ2v) is 5.98. The van der Waals surface area contributed by atoms with Crippen LogP contribution < -0.4 is 14.2 Å². The largest absolute Gasteiger partial charge is 0.497 e. The van der Waals surface area contributed by atoms with Gasteiger partial charge < -0.3 is 14.2 Å². The number of rotatable bonds is 6. The first kappa shape index (κ1) is 18.8. The van der Waals surface area contributed by atoms with E-state index in [1.54, 1.807) is 39.5 Å². The van der Waals surface area contributed by atoms with Crippen molar-refractivity contribution < 1.29 is 14.2 Å². The van der Waals surface area contributed by atoms with Crippen LogP contribution in [0.25, 0.3) is 0 Å². The molecular formula is C18H16IN3O3. The Labute approximate surface area is 159 Å². The van der Waals surface area contributed by atoms with Crippen LogP contribution in [0.4, 0.5) is 5.69 Å². The summed E-state index contributed by atoms with van der Waals surface area (Å²) >= 11 is 2.11. The van der Waals surface area contributed by atoms with Gasteiger partial charge in [0, 0.05) is 17.7 Å². The number of halogens is 1. The smallest absolute Gasteiger partial charge is 0.134 e. The van der Waals surface area contributed by atoms with Gasteiger partial charge in [-0.2, -0.15) is 10.3 Å². The Bertz CT molecular complexity index is 869. The number of hydrogen-bond donors (Lipinski definition) is 0. The molecule has 2 rings (SSSR count). The number of nitriles is 1. The minimum Gasteiger partial charge on any atom is -0.497 e. The molecule has 0 bridgehead atoms. The van der Waals surface area contributed by atoms with Crippen molar-refractivity contribution >= 4 is 34.3 Å². The van der Waals surface area contributed by atoms with Crippen LogP contribution >= 0.6 is 22.6 Å². The maximum absolute atomic E-state index is 9.22. The molecule has 128 valence electrons. The van der Waals surface area contributed by atoms with Gasteiger partial charge in [-0.1, -0.05) is 0 Å². The van der Waals surface area contributed by atoms with E-state index in [4.69, 9.17) is 14.2 Å². The average Bonchev–Trinajstić information content (AvgIpc) is 2.65. The molecule has 0 unspecified atom stereocenters. The number of hydrogen-bond acceptors (Lipinski definition) is 6. The summed E-state index contributed by atoms with van der Waals surface area (Å²) in [5.41, 5.74) is 1.78. The second-order valence-electron chi connectivity index (χ2n) is 4.82. The van der Waals surface area contributed by atoms with Gasteiger partial charge in [-0.25, -0.2) is 4.99 Å². The summed E-state index contributed by atoms with van der Waals surface area (Å²) in [4.78, 5) is 8.31. The minimum atomic E-state index is 0.347. The van der Waals surface area contributed by atoms with Crippen molar-refractivity contribution in [1.82, 2.24) is 0 Å². The van der Waals surface area contributed by atoms with Crippen molar-refractivity contribution in [1.29, 1.82) is 5.26 Å². The lowest BCUT2D eigenvalue weighted by Gasteiger charge is -2.07. The third-order valence-electron chi connectivity index (χ3n) is 3.38. The third-order valence-corrected chi connectivity index (χ3v) is 4.22. The minimum absolute atomic E-state index is 0.347. The number of aliphatic imine (C=N–C) groups is 2. The van der Waals surface area contributed by atoms with E-state index in [9.17, 15) is 5.26 Å². The van der Waals surface area contributed by atoms with E-state index >= 15 is 0 Å². The zero-order valence-corrected chi connectivity index (χ0v) is 16.2. The van der Waals surface area contributed by atoms with Gasteiger partial charge in [-0.3, -0.25) is 0 Å². The van der Waals surface area contributed by atoms with E-state index in [1.165, 1.54) is 0 Å². The molecule has 0 radical (unpaired) electrons. The van der Waals surface area contributed by atoms with Crippen LogP contribution in [-0.4, -0.2) is 27.3 Å². The average molecular weight is 449 g/mol. The lowest BCUT2D eigenvalue weighted by Crippen LogP contribution is -1.92. The van der Waals surface area contributed by atoms with Crippen LogP contribution in [0.1, 0.15) is 11.1 Å². The van der Waals surface area contributed by atoms with Gasteiger partial charge >= 0.3 is 0 Å². The molecule has 0 aliphatic carbocycles. The Balaban J connectivity index is 2.24. The van der Waals surface area contributed by atoms with Gasteiger partial charge in [0.25, 0.3) is 0 Å². The van der Waals surface area contributed by atoms with Crippen molar-refractivity contribution in [2.24, 2.45) is 9.98 Å². The summed E-state index contributed by atoms with van der Waals surface area (Å²) in [7, 11) is 4.76. The van der Waals surface area contributed by atoms with E-state index in [1.807, 2.05) is 12.1 Å². The summed E-state index contributed by atoms with van der Waals surface area (Å²) in [6.07, 6.45) is 0. The maximum atomic E-state index is 9.22. The first-order chi connectivity index (χ1) is 12.1. The lowest BCUT2D eigenvalue weighted by molar-refractivity contribution is 0.391. The van der Waals surface area contributed by atoms with Crippen LogP contribution in [0.3, 0.4) is 0 Å². The molecule has 0 aromatic heterocycles. The lowest BCUT2D eigenvalue weighted by atomic mass is 10.2. The quantitative estimate of drug-likeness (QED) is 0.490. The van der Waals surface area contributed by atoms with E-state index in [0.29, 0.717) is 35.0 Å². The van der Waals surface area contributed by atoms with Crippen LogP contribution in [0, 0.1) is 14.9 Å². The molecule has 0 amide bonds. The zero-order valence-electron chi connectivity index (χ0n) is 14.0.